The van der Waals surface area contributed by atoms with Crippen molar-refractivity contribution in [1.82, 2.24) is 24.2 Å². The van der Waals surface area contributed by atoms with Crippen LogP contribution in [-0.4, -0.2) is 91.2 Å². The lowest BCUT2D eigenvalue weighted by Crippen LogP contribution is -2.31. The minimum Gasteiger partial charge on any atom is -0.358 e. The van der Waals surface area contributed by atoms with Crippen LogP contribution in [0.4, 0.5) is 0 Å². The predicted octanol–water partition coefficient (Wildman–Crippen LogP) is 2.49. The Hall–Kier alpha value is -1.22. The highest BCUT2D eigenvalue weighted by molar-refractivity contribution is 9.10. The van der Waals surface area contributed by atoms with E-state index in [2.05, 4.69) is 80.5 Å². The molecule has 174 valence electrons. The molecule has 0 N–H and O–H groups in total. The van der Waals surface area contributed by atoms with Crippen LogP contribution < -0.4 is 11.2 Å². The molecule has 0 aliphatic carbocycles. The summed E-state index contributed by atoms with van der Waals surface area (Å²) in [5.74, 6) is 1.04. The average Bonchev–Trinajstić information content (AvgIpc) is 3.22. The Morgan fingerprint density at radius 2 is 1.91 bits per heavy atom. The Kier molecular flexibility index (Phi) is 7.39. The summed E-state index contributed by atoms with van der Waals surface area (Å²) in [6.07, 6.45) is 11.2. The molecule has 0 saturated carbocycles. The molecule has 4 radical (unpaired) electrons. The maximum Gasteiger partial charge on any atom is 0.145 e. The Labute approximate surface area is 209 Å². The molecule has 0 unspecified atom stereocenters. The van der Waals surface area contributed by atoms with Gasteiger partial charge in [-0.05, 0) is 86.3 Å². The molecule has 4 rings (SSSR count). The molecule has 3 aromatic heterocycles. The van der Waals surface area contributed by atoms with E-state index in [4.69, 9.17) is 20.4 Å². The molecule has 0 amide bonds. The van der Waals surface area contributed by atoms with Crippen molar-refractivity contribution in [3.05, 3.63) is 22.6 Å². The molecule has 1 fully saturated rings. The monoisotopic (exact) mass is 527 g/mol. The standard InChI is InChI=1S/C23H32B2BrN5OS/c1-15-21-17(12-19(26)27-15)18(13-30(21)16-6-8-29(2)9-7-16)20-22(24)28-31(23(20)25)14-32-10-11-33(3,4)5/h12-13,16H,6-11,14H2,1-5H3. The second-order valence-corrected chi connectivity index (χ2v) is 15.3. The van der Waals surface area contributed by atoms with E-state index in [0.717, 1.165) is 64.0 Å². The summed E-state index contributed by atoms with van der Waals surface area (Å²) >= 11 is 3.58. The third-order valence-electron chi connectivity index (χ3n) is 6.38. The van der Waals surface area contributed by atoms with E-state index >= 15 is 0 Å². The second-order valence-electron chi connectivity index (χ2n) is 9.89. The number of likely N-dealkylation sites (tertiary alicyclic amines) is 1. The van der Waals surface area contributed by atoms with Gasteiger partial charge in [0, 0.05) is 40.1 Å². The smallest absolute Gasteiger partial charge is 0.145 e. The van der Waals surface area contributed by atoms with E-state index in [1.54, 1.807) is 4.68 Å². The van der Waals surface area contributed by atoms with Gasteiger partial charge in [0.05, 0.1) is 17.8 Å². The number of aromatic nitrogens is 4. The molecule has 0 atom stereocenters. The lowest BCUT2D eigenvalue weighted by atomic mass is 9.87. The Morgan fingerprint density at radius 3 is 2.58 bits per heavy atom. The first-order chi connectivity index (χ1) is 15.5. The molecule has 1 aliphatic heterocycles. The normalized spacial score (nSPS) is 16.7. The number of rotatable bonds is 7. The van der Waals surface area contributed by atoms with E-state index in [-0.39, 0.29) is 0 Å². The van der Waals surface area contributed by atoms with Crippen molar-refractivity contribution in [2.75, 3.05) is 51.3 Å². The Bertz CT molecular complexity index is 1150. The van der Waals surface area contributed by atoms with Gasteiger partial charge in [0.1, 0.15) is 27.0 Å². The number of hydrogen-bond acceptors (Lipinski definition) is 4. The zero-order valence-corrected chi connectivity index (χ0v) is 22.7. The fraction of sp³-hybridized carbons (Fsp3) is 0.565. The zero-order valence-electron chi connectivity index (χ0n) is 20.3. The minimum atomic E-state index is -0.605. The number of nitrogens with zero attached hydrogens (tertiary/aromatic N) is 5. The number of halogens is 1. The van der Waals surface area contributed by atoms with Crippen LogP contribution in [0.15, 0.2) is 16.9 Å². The molecule has 33 heavy (non-hydrogen) atoms. The Balaban J connectivity index is 1.72. The Morgan fingerprint density at radius 1 is 1.21 bits per heavy atom. The van der Waals surface area contributed by atoms with Gasteiger partial charge in [-0.2, -0.15) is 5.10 Å². The first-order valence-electron chi connectivity index (χ1n) is 11.3. The predicted molar refractivity (Wildman–Crippen MR) is 146 cm³/mol. The summed E-state index contributed by atoms with van der Waals surface area (Å²) < 4.78 is 10.7. The van der Waals surface area contributed by atoms with Crippen molar-refractivity contribution in [3.63, 3.8) is 0 Å². The first-order valence-corrected chi connectivity index (χ1v) is 15.1. The fourth-order valence-electron chi connectivity index (χ4n) is 4.52. The number of hydrogen-bond donors (Lipinski definition) is 0. The van der Waals surface area contributed by atoms with Crippen LogP contribution in [0.1, 0.15) is 24.6 Å². The van der Waals surface area contributed by atoms with Gasteiger partial charge >= 0.3 is 0 Å². The summed E-state index contributed by atoms with van der Waals surface area (Å²) in [5, 5.41) is 5.60. The molecule has 0 spiro atoms. The van der Waals surface area contributed by atoms with Crippen LogP contribution in [0.5, 0.6) is 0 Å². The van der Waals surface area contributed by atoms with Crippen LogP contribution in [0.25, 0.3) is 22.0 Å². The van der Waals surface area contributed by atoms with E-state index < -0.39 is 10.0 Å². The molecule has 4 heterocycles. The topological polar surface area (TPSA) is 48.1 Å². The molecule has 3 aromatic rings. The van der Waals surface area contributed by atoms with Gasteiger partial charge in [-0.3, -0.25) is 4.68 Å². The van der Waals surface area contributed by atoms with Gasteiger partial charge in [-0.1, -0.05) is 0 Å². The molecule has 1 saturated heterocycles. The lowest BCUT2D eigenvalue weighted by Gasteiger charge is -2.30. The van der Waals surface area contributed by atoms with Gasteiger partial charge in [0.25, 0.3) is 0 Å². The number of pyridine rings is 1. The highest BCUT2D eigenvalue weighted by atomic mass is 79.9. The molecule has 0 aromatic carbocycles. The van der Waals surface area contributed by atoms with Crippen molar-refractivity contribution in [3.8, 4) is 11.1 Å². The van der Waals surface area contributed by atoms with E-state index in [9.17, 15) is 0 Å². The molecule has 0 bridgehead atoms. The lowest BCUT2D eigenvalue weighted by molar-refractivity contribution is 0.0835. The molecule has 6 nitrogen and oxygen atoms in total. The van der Waals surface area contributed by atoms with Crippen LogP contribution >= 0.6 is 26.0 Å². The highest BCUT2D eigenvalue weighted by Crippen LogP contribution is 2.36. The second kappa shape index (κ2) is 9.80. The quantitative estimate of drug-likeness (QED) is 0.269. The molecular formula is C23H32B2BrN5OS. The van der Waals surface area contributed by atoms with Crippen molar-refractivity contribution in [1.29, 1.82) is 0 Å². The van der Waals surface area contributed by atoms with E-state index in [0.29, 0.717) is 30.6 Å². The van der Waals surface area contributed by atoms with Crippen molar-refractivity contribution >= 4 is 63.7 Å². The molecule has 10 heteroatoms. The van der Waals surface area contributed by atoms with Crippen LogP contribution in [0.2, 0.25) is 0 Å². The van der Waals surface area contributed by atoms with Crippen LogP contribution in [0.3, 0.4) is 0 Å². The minimum absolute atomic E-state index is 0.295. The number of ether oxygens (including phenoxy) is 1. The highest BCUT2D eigenvalue weighted by Gasteiger charge is 2.25. The number of fused-ring (bicyclic) bond motifs is 1. The largest absolute Gasteiger partial charge is 0.358 e. The molecule has 1 aliphatic rings. The third kappa shape index (κ3) is 5.39. The van der Waals surface area contributed by atoms with Crippen molar-refractivity contribution < 1.29 is 4.74 Å². The van der Waals surface area contributed by atoms with E-state index in [1.165, 1.54) is 0 Å². The van der Waals surface area contributed by atoms with Gasteiger partial charge < -0.3 is 14.2 Å². The van der Waals surface area contributed by atoms with Gasteiger partial charge in [0.2, 0.25) is 0 Å². The third-order valence-corrected chi connectivity index (χ3v) is 8.17. The summed E-state index contributed by atoms with van der Waals surface area (Å²) in [4.78, 5) is 7.06. The van der Waals surface area contributed by atoms with Gasteiger partial charge in [0.15, 0.2) is 0 Å². The van der Waals surface area contributed by atoms with Crippen LogP contribution in [0, 0.1) is 6.92 Å². The average molecular weight is 528 g/mol. The summed E-state index contributed by atoms with van der Waals surface area (Å²) in [6, 6.07) is 2.47. The molecular weight excluding hydrogens is 496 g/mol. The summed E-state index contributed by atoms with van der Waals surface area (Å²) in [7, 11) is 14.6. The zero-order chi connectivity index (χ0) is 23.9. The number of piperidine rings is 1. The van der Waals surface area contributed by atoms with Gasteiger partial charge in [-0.25, -0.2) is 15.0 Å². The first kappa shape index (κ1) is 24.9. The maximum absolute atomic E-state index is 6.58. The maximum atomic E-state index is 6.58. The fourth-order valence-corrected chi connectivity index (χ4v) is 5.63. The summed E-state index contributed by atoms with van der Waals surface area (Å²) in [6.45, 7) is 5.20. The van der Waals surface area contributed by atoms with Crippen molar-refractivity contribution in [2.45, 2.75) is 32.5 Å². The van der Waals surface area contributed by atoms with Gasteiger partial charge in [-0.15, -0.1) is 0 Å². The summed E-state index contributed by atoms with van der Waals surface area (Å²) in [5.41, 5.74) is 4.85. The van der Waals surface area contributed by atoms with Crippen LogP contribution in [-0.2, 0) is 11.5 Å². The van der Waals surface area contributed by atoms with E-state index in [1.807, 2.05) is 0 Å². The number of aryl methyl sites for hydroxylation is 1. The SMILES string of the molecule is [B]c1nn(COCCS(C)(C)C)c([B])c1-c1cn(C2CCN(C)CC2)c2c(C)nc(Br)cc12. The van der Waals surface area contributed by atoms with Crippen molar-refractivity contribution in [2.24, 2.45) is 0 Å².